The van der Waals surface area contributed by atoms with Gasteiger partial charge in [0.25, 0.3) is 0 Å². The van der Waals surface area contributed by atoms with Gasteiger partial charge in [-0.05, 0) is 35.4 Å². The second-order valence-electron chi connectivity index (χ2n) is 3.29. The molecule has 1 fully saturated rings. The fourth-order valence-corrected chi connectivity index (χ4v) is 1.91. The van der Waals surface area contributed by atoms with E-state index >= 15 is 0 Å². The number of carbonyl (C=O) groups is 1. The lowest BCUT2D eigenvalue weighted by atomic mass is 10.2. The second-order valence-corrected chi connectivity index (χ2v) is 4.07. The number of hydrogen-bond acceptors (Lipinski definition) is 5. The van der Waals surface area contributed by atoms with Crippen LogP contribution in [-0.4, -0.2) is 32.4 Å². The summed E-state index contributed by atoms with van der Waals surface area (Å²) >= 11 is 1.41. The first-order chi connectivity index (χ1) is 6.74. The summed E-state index contributed by atoms with van der Waals surface area (Å²) in [5, 5.41) is 11.8. The van der Waals surface area contributed by atoms with Crippen molar-refractivity contribution < 1.29 is 4.79 Å². The van der Waals surface area contributed by atoms with Crippen molar-refractivity contribution in [1.82, 2.24) is 20.2 Å². The fraction of sp³-hybridized carbons (Fsp3) is 0.714. The van der Waals surface area contributed by atoms with Gasteiger partial charge in [-0.2, -0.15) is 0 Å². The molecule has 1 atom stereocenters. The highest BCUT2D eigenvalue weighted by Gasteiger charge is 2.38. The molecule has 1 aromatic rings. The van der Waals surface area contributed by atoms with E-state index in [1.807, 2.05) is 6.26 Å². The Labute approximate surface area is 85.2 Å². The summed E-state index contributed by atoms with van der Waals surface area (Å²) in [7, 11) is 0. The molecule has 1 aliphatic rings. The molecule has 1 aliphatic carbocycles. The molecule has 0 saturated heterocycles. The molecule has 14 heavy (non-hydrogen) atoms. The monoisotopic (exact) mass is 213 g/mol. The summed E-state index contributed by atoms with van der Waals surface area (Å²) in [6, 6.07) is -0.368. The molecule has 1 saturated carbocycles. The molecule has 2 N–H and O–H groups in total. The first kappa shape index (κ1) is 9.45. The predicted molar refractivity (Wildman–Crippen MR) is 50.6 cm³/mol. The van der Waals surface area contributed by atoms with E-state index in [-0.39, 0.29) is 11.9 Å². The normalized spacial score (nSPS) is 18.1. The number of tetrazole rings is 1. The van der Waals surface area contributed by atoms with Gasteiger partial charge in [0.2, 0.25) is 11.1 Å². The van der Waals surface area contributed by atoms with E-state index in [0.717, 1.165) is 12.8 Å². The zero-order valence-electron chi connectivity index (χ0n) is 7.75. The topological polar surface area (TPSA) is 86.7 Å². The Hall–Kier alpha value is -1.11. The maximum atomic E-state index is 11.2. The molecule has 0 aliphatic heterocycles. The molecule has 0 aromatic carbocycles. The first-order valence-electron chi connectivity index (χ1n) is 4.35. The number of thioether (sulfide) groups is 1. The minimum atomic E-state index is -0.368. The smallest absolute Gasteiger partial charge is 0.242 e. The molecule has 0 spiro atoms. The van der Waals surface area contributed by atoms with Crippen LogP contribution < -0.4 is 5.73 Å². The maximum absolute atomic E-state index is 11.2. The van der Waals surface area contributed by atoms with Gasteiger partial charge in [-0.3, -0.25) is 4.79 Å². The lowest BCUT2D eigenvalue weighted by Crippen LogP contribution is -2.29. The van der Waals surface area contributed by atoms with Crippen LogP contribution in [0.4, 0.5) is 0 Å². The third kappa shape index (κ3) is 1.59. The van der Waals surface area contributed by atoms with Crippen molar-refractivity contribution in [2.45, 2.75) is 24.0 Å². The van der Waals surface area contributed by atoms with Crippen molar-refractivity contribution in [3.63, 3.8) is 0 Å². The highest BCUT2D eigenvalue weighted by atomic mass is 32.2. The summed E-state index contributed by atoms with van der Waals surface area (Å²) < 4.78 is 1.53. The van der Waals surface area contributed by atoms with Gasteiger partial charge in [-0.1, -0.05) is 11.8 Å². The summed E-state index contributed by atoms with van der Waals surface area (Å²) in [4.78, 5) is 11.2. The predicted octanol–water partition coefficient (Wildman–Crippen LogP) is -0.169. The standard InChI is InChI=1S/C7H11N5OS/c1-14-7-9-10-11-12(7)5(6(8)13)4-2-3-4/h4-5H,2-3H2,1H3,(H2,8,13). The molecule has 6 nitrogen and oxygen atoms in total. The number of nitrogens with two attached hydrogens (primary N) is 1. The lowest BCUT2D eigenvalue weighted by Gasteiger charge is -2.12. The Morgan fingerprint density at radius 1 is 1.71 bits per heavy atom. The maximum Gasteiger partial charge on any atom is 0.242 e. The van der Waals surface area contributed by atoms with E-state index in [4.69, 9.17) is 5.73 Å². The second kappa shape index (κ2) is 3.56. The van der Waals surface area contributed by atoms with Gasteiger partial charge in [0.1, 0.15) is 6.04 Å². The highest BCUT2D eigenvalue weighted by Crippen LogP contribution is 2.40. The average molecular weight is 213 g/mol. The number of amides is 1. The van der Waals surface area contributed by atoms with Gasteiger partial charge in [-0.15, -0.1) is 5.10 Å². The Morgan fingerprint density at radius 3 is 2.93 bits per heavy atom. The average Bonchev–Trinajstić information content (AvgIpc) is 2.84. The molecular weight excluding hydrogens is 202 g/mol. The third-order valence-electron chi connectivity index (χ3n) is 2.27. The van der Waals surface area contributed by atoms with Gasteiger partial charge in [-0.25, -0.2) is 4.68 Å². The van der Waals surface area contributed by atoms with Crippen LogP contribution in [0.2, 0.25) is 0 Å². The van der Waals surface area contributed by atoms with Crippen LogP contribution in [-0.2, 0) is 4.79 Å². The van der Waals surface area contributed by atoms with E-state index in [0.29, 0.717) is 11.1 Å². The quantitative estimate of drug-likeness (QED) is 0.702. The molecule has 0 bridgehead atoms. The SMILES string of the molecule is CSc1nnnn1C(C(N)=O)C1CC1. The highest BCUT2D eigenvalue weighted by molar-refractivity contribution is 7.98. The minimum absolute atomic E-state index is 0.321. The van der Waals surface area contributed by atoms with Crippen LogP contribution in [0.25, 0.3) is 0 Å². The zero-order valence-corrected chi connectivity index (χ0v) is 8.57. The molecule has 1 amide bonds. The molecule has 1 unspecified atom stereocenters. The van der Waals surface area contributed by atoms with E-state index in [9.17, 15) is 4.79 Å². The number of rotatable bonds is 4. The Kier molecular flexibility index (Phi) is 2.40. The third-order valence-corrected chi connectivity index (χ3v) is 2.90. The summed E-state index contributed by atoms with van der Waals surface area (Å²) in [6.45, 7) is 0. The molecule has 0 radical (unpaired) electrons. The van der Waals surface area contributed by atoms with Crippen LogP contribution in [0.3, 0.4) is 0 Å². The number of nitrogens with zero attached hydrogens (tertiary/aromatic N) is 4. The van der Waals surface area contributed by atoms with Crippen molar-refractivity contribution in [2.75, 3.05) is 6.26 Å². The van der Waals surface area contributed by atoms with Crippen LogP contribution in [0.1, 0.15) is 18.9 Å². The number of hydrogen-bond donors (Lipinski definition) is 1. The van der Waals surface area contributed by atoms with Crippen LogP contribution >= 0.6 is 11.8 Å². The van der Waals surface area contributed by atoms with Crippen molar-refractivity contribution in [3.8, 4) is 0 Å². The molecular formula is C7H11N5OS. The Bertz CT molecular complexity index is 348. The molecule has 7 heteroatoms. The summed E-state index contributed by atoms with van der Waals surface area (Å²) in [5.74, 6) is -0.0306. The van der Waals surface area contributed by atoms with Crippen molar-refractivity contribution in [1.29, 1.82) is 0 Å². The van der Waals surface area contributed by atoms with E-state index in [2.05, 4.69) is 15.5 Å². The van der Waals surface area contributed by atoms with Crippen molar-refractivity contribution >= 4 is 17.7 Å². The van der Waals surface area contributed by atoms with Crippen LogP contribution in [0.15, 0.2) is 5.16 Å². The van der Waals surface area contributed by atoms with Crippen LogP contribution in [0.5, 0.6) is 0 Å². The Balaban J connectivity index is 2.29. The van der Waals surface area contributed by atoms with Gasteiger partial charge in [0.05, 0.1) is 0 Å². The van der Waals surface area contributed by atoms with E-state index in [1.165, 1.54) is 16.4 Å². The molecule has 76 valence electrons. The Morgan fingerprint density at radius 2 is 2.43 bits per heavy atom. The van der Waals surface area contributed by atoms with Crippen molar-refractivity contribution in [3.05, 3.63) is 0 Å². The fourth-order valence-electron chi connectivity index (χ4n) is 1.46. The van der Waals surface area contributed by atoms with Gasteiger partial charge in [0, 0.05) is 0 Å². The lowest BCUT2D eigenvalue weighted by molar-refractivity contribution is -0.122. The minimum Gasteiger partial charge on any atom is -0.368 e. The van der Waals surface area contributed by atoms with Crippen molar-refractivity contribution in [2.24, 2.45) is 11.7 Å². The molecule has 1 heterocycles. The van der Waals surface area contributed by atoms with E-state index < -0.39 is 0 Å². The number of carbonyl (C=O) groups excluding carboxylic acids is 1. The number of aromatic nitrogens is 4. The van der Waals surface area contributed by atoms with E-state index in [1.54, 1.807) is 0 Å². The molecule has 2 rings (SSSR count). The zero-order chi connectivity index (χ0) is 10.1. The summed E-state index contributed by atoms with van der Waals surface area (Å²) in [6.07, 6.45) is 3.93. The van der Waals surface area contributed by atoms with Crippen LogP contribution in [0, 0.1) is 5.92 Å². The number of primary amides is 1. The first-order valence-corrected chi connectivity index (χ1v) is 5.57. The summed E-state index contributed by atoms with van der Waals surface area (Å²) in [5.41, 5.74) is 5.33. The van der Waals surface area contributed by atoms with Gasteiger partial charge < -0.3 is 5.73 Å². The van der Waals surface area contributed by atoms with Gasteiger partial charge >= 0.3 is 0 Å². The van der Waals surface area contributed by atoms with Gasteiger partial charge in [0.15, 0.2) is 0 Å². The largest absolute Gasteiger partial charge is 0.368 e. The molecule has 1 aromatic heterocycles.